The predicted molar refractivity (Wildman–Crippen MR) is 71.7 cm³/mol. The van der Waals surface area contributed by atoms with E-state index in [0.717, 1.165) is 32.4 Å². The first-order chi connectivity index (χ1) is 7.51. The summed E-state index contributed by atoms with van der Waals surface area (Å²) in [6, 6.07) is 0. The highest BCUT2D eigenvalue weighted by Crippen LogP contribution is 2.30. The van der Waals surface area contributed by atoms with E-state index in [2.05, 4.69) is 46.4 Å². The molecule has 2 unspecified atom stereocenters. The maximum absolute atomic E-state index is 10.6. The standard InChI is InChI=1S/C14H31NO/c1-7-12(8-2)13(16)14(6,9-3)15(10-4)11-5/h12-13,16H,7-11H2,1-6H3. The molecular weight excluding hydrogens is 198 g/mol. The fraction of sp³-hybridized carbons (Fsp3) is 1.00. The summed E-state index contributed by atoms with van der Waals surface area (Å²) in [6.07, 6.45) is 2.92. The fourth-order valence-electron chi connectivity index (χ4n) is 2.81. The zero-order chi connectivity index (χ0) is 12.8. The second-order valence-corrected chi connectivity index (χ2v) is 4.90. The molecule has 2 heteroatoms. The molecule has 0 aromatic heterocycles. The molecule has 0 saturated heterocycles. The van der Waals surface area contributed by atoms with Gasteiger partial charge in [0.05, 0.1) is 6.10 Å². The molecule has 16 heavy (non-hydrogen) atoms. The number of likely N-dealkylation sites (N-methyl/N-ethyl adjacent to an activating group) is 1. The molecule has 0 amide bonds. The quantitative estimate of drug-likeness (QED) is 0.690. The minimum atomic E-state index is -0.215. The molecule has 0 aromatic carbocycles. The van der Waals surface area contributed by atoms with Crippen LogP contribution in [0.5, 0.6) is 0 Å². The van der Waals surface area contributed by atoms with Crippen LogP contribution in [0.1, 0.15) is 60.8 Å². The highest BCUT2D eigenvalue weighted by molar-refractivity contribution is 4.94. The van der Waals surface area contributed by atoms with Crippen LogP contribution >= 0.6 is 0 Å². The van der Waals surface area contributed by atoms with Crippen molar-refractivity contribution in [1.82, 2.24) is 4.90 Å². The average Bonchev–Trinajstić information content (AvgIpc) is 2.31. The van der Waals surface area contributed by atoms with Crippen LogP contribution in [0.15, 0.2) is 0 Å². The van der Waals surface area contributed by atoms with Crippen LogP contribution in [0.4, 0.5) is 0 Å². The van der Waals surface area contributed by atoms with E-state index in [1.54, 1.807) is 0 Å². The lowest BCUT2D eigenvalue weighted by molar-refractivity contribution is -0.0529. The third-order valence-corrected chi connectivity index (χ3v) is 4.33. The fourth-order valence-corrected chi connectivity index (χ4v) is 2.81. The molecular formula is C14H31NO. The zero-order valence-electron chi connectivity index (χ0n) is 12.1. The maximum atomic E-state index is 10.6. The van der Waals surface area contributed by atoms with E-state index in [-0.39, 0.29) is 11.6 Å². The van der Waals surface area contributed by atoms with Gasteiger partial charge in [-0.05, 0) is 32.4 Å². The topological polar surface area (TPSA) is 23.5 Å². The zero-order valence-corrected chi connectivity index (χ0v) is 12.1. The molecule has 98 valence electrons. The van der Waals surface area contributed by atoms with Gasteiger partial charge in [0.1, 0.15) is 0 Å². The summed E-state index contributed by atoms with van der Waals surface area (Å²) >= 11 is 0. The molecule has 0 rings (SSSR count). The normalized spacial score (nSPS) is 17.8. The van der Waals surface area contributed by atoms with E-state index in [1.807, 2.05) is 0 Å². The molecule has 2 nitrogen and oxygen atoms in total. The summed E-state index contributed by atoms with van der Waals surface area (Å²) in [5.74, 6) is 0.422. The van der Waals surface area contributed by atoms with Crippen LogP contribution in [0.25, 0.3) is 0 Å². The Balaban J connectivity index is 4.91. The third kappa shape index (κ3) is 3.21. The SMILES string of the molecule is CCC(CC)C(O)C(C)(CC)N(CC)CC. The van der Waals surface area contributed by atoms with Crippen molar-refractivity contribution in [3.8, 4) is 0 Å². The van der Waals surface area contributed by atoms with Crippen LogP contribution in [-0.2, 0) is 0 Å². The Morgan fingerprint density at radius 3 is 1.69 bits per heavy atom. The number of hydrogen-bond acceptors (Lipinski definition) is 2. The maximum Gasteiger partial charge on any atom is 0.0748 e. The second-order valence-electron chi connectivity index (χ2n) is 4.90. The van der Waals surface area contributed by atoms with Gasteiger partial charge in [0.2, 0.25) is 0 Å². The van der Waals surface area contributed by atoms with E-state index in [4.69, 9.17) is 0 Å². The summed E-state index contributed by atoms with van der Waals surface area (Å²) in [5.41, 5.74) is -0.0693. The highest BCUT2D eigenvalue weighted by atomic mass is 16.3. The van der Waals surface area contributed by atoms with Crippen LogP contribution in [0.3, 0.4) is 0 Å². The molecule has 0 bridgehead atoms. The van der Waals surface area contributed by atoms with Crippen LogP contribution < -0.4 is 0 Å². The van der Waals surface area contributed by atoms with Gasteiger partial charge in [-0.25, -0.2) is 0 Å². The third-order valence-electron chi connectivity index (χ3n) is 4.33. The van der Waals surface area contributed by atoms with Gasteiger partial charge in [0, 0.05) is 5.54 Å². The van der Waals surface area contributed by atoms with Crippen molar-refractivity contribution in [2.75, 3.05) is 13.1 Å². The highest BCUT2D eigenvalue weighted by Gasteiger charge is 2.38. The summed E-state index contributed by atoms with van der Waals surface area (Å²) in [6.45, 7) is 15.1. The van der Waals surface area contributed by atoms with Gasteiger partial charge in [-0.2, -0.15) is 0 Å². The van der Waals surface area contributed by atoms with Crippen molar-refractivity contribution < 1.29 is 5.11 Å². The van der Waals surface area contributed by atoms with E-state index < -0.39 is 0 Å². The number of aliphatic hydroxyl groups is 1. The van der Waals surface area contributed by atoms with E-state index in [0.29, 0.717) is 5.92 Å². The Hall–Kier alpha value is -0.0800. The lowest BCUT2D eigenvalue weighted by Crippen LogP contribution is -2.56. The van der Waals surface area contributed by atoms with E-state index >= 15 is 0 Å². The van der Waals surface area contributed by atoms with Crippen molar-refractivity contribution in [1.29, 1.82) is 0 Å². The Morgan fingerprint density at radius 1 is 1.00 bits per heavy atom. The van der Waals surface area contributed by atoms with Gasteiger partial charge in [0.25, 0.3) is 0 Å². The lowest BCUT2D eigenvalue weighted by Gasteiger charge is -2.46. The summed E-state index contributed by atoms with van der Waals surface area (Å²) < 4.78 is 0. The molecule has 0 aliphatic heterocycles. The molecule has 0 fully saturated rings. The Bertz CT molecular complexity index is 176. The van der Waals surface area contributed by atoms with Gasteiger partial charge in [-0.3, -0.25) is 4.90 Å². The molecule has 0 aromatic rings. The first kappa shape index (κ1) is 15.9. The van der Waals surface area contributed by atoms with Crippen LogP contribution in [0.2, 0.25) is 0 Å². The predicted octanol–water partition coefficient (Wildman–Crippen LogP) is 3.29. The van der Waals surface area contributed by atoms with E-state index in [1.165, 1.54) is 0 Å². The molecule has 0 aliphatic rings. The number of aliphatic hydroxyl groups excluding tert-OH is 1. The van der Waals surface area contributed by atoms with Crippen molar-refractivity contribution in [2.24, 2.45) is 5.92 Å². The van der Waals surface area contributed by atoms with Crippen molar-refractivity contribution in [2.45, 2.75) is 72.4 Å². The molecule has 0 radical (unpaired) electrons. The Morgan fingerprint density at radius 2 is 1.44 bits per heavy atom. The molecule has 0 heterocycles. The van der Waals surface area contributed by atoms with Crippen LogP contribution in [0, 0.1) is 5.92 Å². The minimum absolute atomic E-state index is 0.0693. The molecule has 1 N–H and O–H groups in total. The van der Waals surface area contributed by atoms with Gasteiger partial charge in [0.15, 0.2) is 0 Å². The Kier molecular flexibility index (Phi) is 7.25. The number of hydrogen-bond donors (Lipinski definition) is 1. The van der Waals surface area contributed by atoms with Gasteiger partial charge < -0.3 is 5.11 Å². The first-order valence-corrected chi connectivity index (χ1v) is 6.94. The van der Waals surface area contributed by atoms with Crippen LogP contribution in [-0.4, -0.2) is 34.7 Å². The lowest BCUT2D eigenvalue weighted by atomic mass is 9.79. The van der Waals surface area contributed by atoms with Crippen molar-refractivity contribution >= 4 is 0 Å². The number of rotatable bonds is 8. The molecule has 0 saturated carbocycles. The average molecular weight is 229 g/mol. The molecule has 0 aliphatic carbocycles. The summed E-state index contributed by atoms with van der Waals surface area (Å²) in [7, 11) is 0. The largest absolute Gasteiger partial charge is 0.391 e. The number of nitrogens with zero attached hydrogens (tertiary/aromatic N) is 1. The minimum Gasteiger partial charge on any atom is -0.391 e. The van der Waals surface area contributed by atoms with Gasteiger partial charge in [-0.1, -0.05) is 47.5 Å². The summed E-state index contributed by atoms with van der Waals surface area (Å²) in [5, 5.41) is 10.6. The first-order valence-electron chi connectivity index (χ1n) is 6.94. The van der Waals surface area contributed by atoms with Gasteiger partial charge >= 0.3 is 0 Å². The smallest absolute Gasteiger partial charge is 0.0748 e. The van der Waals surface area contributed by atoms with Crippen molar-refractivity contribution in [3.05, 3.63) is 0 Å². The van der Waals surface area contributed by atoms with E-state index in [9.17, 15) is 5.11 Å². The van der Waals surface area contributed by atoms with Gasteiger partial charge in [-0.15, -0.1) is 0 Å². The Labute approximate surface area is 102 Å². The molecule has 0 spiro atoms. The molecule has 2 atom stereocenters. The summed E-state index contributed by atoms with van der Waals surface area (Å²) in [4.78, 5) is 2.40. The second kappa shape index (κ2) is 7.29. The monoisotopic (exact) mass is 229 g/mol. The van der Waals surface area contributed by atoms with Crippen molar-refractivity contribution in [3.63, 3.8) is 0 Å².